The monoisotopic (exact) mass is 368 g/mol. The summed E-state index contributed by atoms with van der Waals surface area (Å²) in [6.07, 6.45) is -1.02. The summed E-state index contributed by atoms with van der Waals surface area (Å²) in [6.45, 7) is 6.44. The molecule has 6 nitrogen and oxygen atoms in total. The molecule has 0 saturated carbocycles. The van der Waals surface area contributed by atoms with Gasteiger partial charge in [-0.15, -0.1) is 0 Å². The lowest BCUT2D eigenvalue weighted by Gasteiger charge is -2.28. The highest BCUT2D eigenvalue weighted by molar-refractivity contribution is 5.85. The van der Waals surface area contributed by atoms with Crippen LogP contribution in [0.1, 0.15) is 27.7 Å². The fourth-order valence-electron chi connectivity index (χ4n) is 2.34. The van der Waals surface area contributed by atoms with Gasteiger partial charge in [0, 0.05) is 0 Å². The number of carbonyl (C=O) groups is 2. The van der Waals surface area contributed by atoms with Gasteiger partial charge < -0.3 is 14.8 Å². The van der Waals surface area contributed by atoms with E-state index < -0.39 is 23.5 Å². The highest BCUT2D eigenvalue weighted by Crippen LogP contribution is 2.20. The van der Waals surface area contributed by atoms with Gasteiger partial charge in [-0.1, -0.05) is 44.2 Å². The number of carbonyl (C=O) groups excluding carboxylic acids is 2. The van der Waals surface area contributed by atoms with Gasteiger partial charge >= 0.3 is 5.97 Å². The first kappa shape index (κ1) is 20.2. The van der Waals surface area contributed by atoms with E-state index in [1.807, 2.05) is 50.2 Å². The van der Waals surface area contributed by atoms with Crippen molar-refractivity contribution in [3.63, 3.8) is 0 Å². The van der Waals surface area contributed by atoms with E-state index in [1.54, 1.807) is 13.0 Å². The molecular formula is C21H24N2O4. The molecule has 0 aliphatic heterocycles. The van der Waals surface area contributed by atoms with Crippen molar-refractivity contribution in [3.05, 3.63) is 42.5 Å². The van der Waals surface area contributed by atoms with Gasteiger partial charge in [0.25, 0.3) is 5.91 Å². The second kappa shape index (κ2) is 8.54. The van der Waals surface area contributed by atoms with Crippen molar-refractivity contribution in [1.82, 2.24) is 5.32 Å². The summed E-state index contributed by atoms with van der Waals surface area (Å²) in [5.74, 6) is -0.731. The van der Waals surface area contributed by atoms with Crippen molar-refractivity contribution in [1.29, 1.82) is 5.26 Å². The zero-order chi connectivity index (χ0) is 20.0. The van der Waals surface area contributed by atoms with Crippen molar-refractivity contribution < 1.29 is 19.1 Å². The molecule has 0 aromatic heterocycles. The highest BCUT2D eigenvalue weighted by atomic mass is 16.6. The van der Waals surface area contributed by atoms with E-state index in [1.165, 1.54) is 6.92 Å². The Hall–Kier alpha value is -3.07. The lowest BCUT2D eigenvalue weighted by atomic mass is 9.90. The number of hydrogen-bond donors (Lipinski definition) is 1. The van der Waals surface area contributed by atoms with Gasteiger partial charge in [0.2, 0.25) is 0 Å². The summed E-state index contributed by atoms with van der Waals surface area (Å²) >= 11 is 0. The van der Waals surface area contributed by atoms with Gasteiger partial charge in [-0.3, -0.25) is 4.79 Å². The van der Waals surface area contributed by atoms with Gasteiger partial charge in [0.15, 0.2) is 12.7 Å². The first-order valence-electron chi connectivity index (χ1n) is 8.79. The number of nitrogens with one attached hydrogen (secondary N) is 1. The van der Waals surface area contributed by atoms with Crippen LogP contribution in [0.5, 0.6) is 5.75 Å². The second-order valence-electron chi connectivity index (χ2n) is 6.89. The molecule has 2 aromatic rings. The smallest absolute Gasteiger partial charge is 0.344 e. The third-order valence-electron chi connectivity index (χ3n) is 4.52. The van der Waals surface area contributed by atoms with E-state index in [0.717, 1.165) is 10.8 Å². The number of amides is 1. The maximum atomic E-state index is 12.2. The minimum atomic E-state index is -1.03. The number of ether oxygens (including phenoxy) is 2. The first-order chi connectivity index (χ1) is 12.7. The van der Waals surface area contributed by atoms with Crippen molar-refractivity contribution in [2.45, 2.75) is 39.3 Å². The van der Waals surface area contributed by atoms with Gasteiger partial charge in [-0.2, -0.15) is 5.26 Å². The molecule has 2 atom stereocenters. The Bertz CT molecular complexity index is 872. The Balaban J connectivity index is 1.88. The lowest BCUT2D eigenvalue weighted by Crippen LogP contribution is -2.52. The average Bonchev–Trinajstić information content (AvgIpc) is 2.65. The molecule has 0 aliphatic carbocycles. The molecule has 0 bridgehead atoms. The number of nitrogens with zero attached hydrogens (tertiary/aromatic N) is 1. The van der Waals surface area contributed by atoms with Gasteiger partial charge in [0.05, 0.1) is 6.07 Å². The van der Waals surface area contributed by atoms with Gasteiger partial charge in [0.1, 0.15) is 11.3 Å². The number of esters is 1. The van der Waals surface area contributed by atoms with Crippen LogP contribution in [-0.4, -0.2) is 30.1 Å². The zero-order valence-electron chi connectivity index (χ0n) is 16.0. The molecule has 2 aromatic carbocycles. The Kier molecular flexibility index (Phi) is 6.40. The number of rotatable bonds is 7. The van der Waals surface area contributed by atoms with Crippen LogP contribution >= 0.6 is 0 Å². The molecule has 0 saturated heterocycles. The van der Waals surface area contributed by atoms with Crippen molar-refractivity contribution in [2.75, 3.05) is 6.61 Å². The molecule has 142 valence electrons. The topological polar surface area (TPSA) is 88.4 Å². The molecule has 6 heteroatoms. The number of hydrogen-bond acceptors (Lipinski definition) is 5. The summed E-state index contributed by atoms with van der Waals surface area (Å²) in [5, 5.41) is 14.0. The molecular weight excluding hydrogens is 344 g/mol. The molecule has 0 aliphatic rings. The van der Waals surface area contributed by atoms with Gasteiger partial charge in [-0.25, -0.2) is 4.79 Å². The summed E-state index contributed by atoms with van der Waals surface area (Å²) < 4.78 is 10.6. The van der Waals surface area contributed by atoms with Crippen LogP contribution in [0, 0.1) is 17.2 Å². The lowest BCUT2D eigenvalue weighted by molar-refractivity contribution is -0.157. The van der Waals surface area contributed by atoms with Crippen LogP contribution in [0.4, 0.5) is 0 Å². The second-order valence-corrected chi connectivity index (χ2v) is 6.89. The van der Waals surface area contributed by atoms with Crippen molar-refractivity contribution >= 4 is 22.6 Å². The fourth-order valence-corrected chi connectivity index (χ4v) is 2.34. The molecule has 0 radical (unpaired) electrons. The summed E-state index contributed by atoms with van der Waals surface area (Å²) in [6, 6.07) is 15.4. The number of nitriles is 1. The summed E-state index contributed by atoms with van der Waals surface area (Å²) in [4.78, 5) is 24.2. The number of fused-ring (bicyclic) bond motifs is 1. The maximum absolute atomic E-state index is 12.2. The Morgan fingerprint density at radius 2 is 1.81 bits per heavy atom. The average molecular weight is 368 g/mol. The Morgan fingerprint density at radius 3 is 2.44 bits per heavy atom. The predicted molar refractivity (Wildman–Crippen MR) is 102 cm³/mol. The van der Waals surface area contributed by atoms with E-state index in [2.05, 4.69) is 11.4 Å². The Labute approximate surface area is 159 Å². The molecule has 1 N–H and O–H groups in total. The molecule has 0 spiro atoms. The minimum absolute atomic E-state index is 0.0920. The third-order valence-corrected chi connectivity index (χ3v) is 4.52. The van der Waals surface area contributed by atoms with Crippen LogP contribution < -0.4 is 10.1 Å². The van der Waals surface area contributed by atoms with E-state index in [-0.39, 0.29) is 12.5 Å². The molecule has 0 unspecified atom stereocenters. The van der Waals surface area contributed by atoms with Gasteiger partial charge in [-0.05, 0) is 42.7 Å². The predicted octanol–water partition coefficient (Wildman–Crippen LogP) is 3.20. The summed E-state index contributed by atoms with van der Waals surface area (Å²) in [7, 11) is 0. The largest absolute Gasteiger partial charge is 0.482 e. The third kappa shape index (κ3) is 5.20. The van der Waals surface area contributed by atoms with Crippen LogP contribution in [0.25, 0.3) is 10.8 Å². The minimum Gasteiger partial charge on any atom is -0.482 e. The molecule has 0 fully saturated rings. The van der Waals surface area contributed by atoms with E-state index >= 15 is 0 Å². The Morgan fingerprint density at radius 1 is 1.15 bits per heavy atom. The van der Waals surface area contributed by atoms with Crippen LogP contribution in [0.2, 0.25) is 0 Å². The van der Waals surface area contributed by atoms with Crippen LogP contribution in [0.15, 0.2) is 42.5 Å². The van der Waals surface area contributed by atoms with E-state index in [0.29, 0.717) is 5.75 Å². The quantitative estimate of drug-likeness (QED) is 0.758. The van der Waals surface area contributed by atoms with Crippen LogP contribution in [-0.2, 0) is 14.3 Å². The SMILES string of the molecule is CC(C)[C@](C)(C#N)NC(=O)[C@H](C)OC(=O)COc1ccc2ccccc2c1. The highest BCUT2D eigenvalue weighted by Gasteiger charge is 2.32. The number of benzene rings is 2. The molecule has 1 amide bonds. The first-order valence-corrected chi connectivity index (χ1v) is 8.79. The molecule has 2 rings (SSSR count). The maximum Gasteiger partial charge on any atom is 0.344 e. The zero-order valence-corrected chi connectivity index (χ0v) is 16.0. The van der Waals surface area contributed by atoms with E-state index in [9.17, 15) is 14.9 Å². The van der Waals surface area contributed by atoms with Crippen LogP contribution in [0.3, 0.4) is 0 Å². The molecule has 0 heterocycles. The standard InChI is InChI=1S/C21H24N2O4/c1-14(2)21(4,13-22)23-20(25)15(3)27-19(24)12-26-18-10-9-16-7-5-6-8-17(16)11-18/h5-11,14-15H,12H2,1-4H3,(H,23,25)/t15-,21-/m0/s1. The normalized spacial score (nSPS) is 14.1. The summed E-state index contributed by atoms with van der Waals surface area (Å²) in [5.41, 5.74) is -1.03. The van der Waals surface area contributed by atoms with Crippen molar-refractivity contribution in [2.24, 2.45) is 5.92 Å². The fraction of sp³-hybridized carbons (Fsp3) is 0.381. The molecule has 27 heavy (non-hydrogen) atoms. The van der Waals surface area contributed by atoms with Crippen molar-refractivity contribution in [3.8, 4) is 11.8 Å². The van der Waals surface area contributed by atoms with E-state index in [4.69, 9.17) is 9.47 Å².